The lowest BCUT2D eigenvalue weighted by molar-refractivity contribution is 0.0993. The Balaban J connectivity index is 1.70. The van der Waals surface area contributed by atoms with E-state index in [1.807, 2.05) is 36.4 Å². The van der Waals surface area contributed by atoms with E-state index in [-0.39, 0.29) is 0 Å². The maximum absolute atomic E-state index is 11.6. The van der Waals surface area contributed by atoms with Crippen LogP contribution in [0.15, 0.2) is 54.7 Å². The van der Waals surface area contributed by atoms with E-state index in [0.717, 1.165) is 5.56 Å². The highest BCUT2D eigenvalue weighted by Gasteiger charge is 2.15. The molecule has 3 aromatic heterocycles. The van der Waals surface area contributed by atoms with Gasteiger partial charge in [0.2, 0.25) is 5.95 Å². The highest BCUT2D eigenvalue weighted by Crippen LogP contribution is 2.23. The summed E-state index contributed by atoms with van der Waals surface area (Å²) >= 11 is 0. The molecule has 0 saturated carbocycles. The molecule has 0 aliphatic heterocycles. The van der Waals surface area contributed by atoms with Gasteiger partial charge < -0.3 is 11.1 Å². The van der Waals surface area contributed by atoms with E-state index in [2.05, 4.69) is 25.4 Å². The van der Waals surface area contributed by atoms with Gasteiger partial charge in [0.1, 0.15) is 11.5 Å². The van der Waals surface area contributed by atoms with Crippen LogP contribution in [0.4, 0.5) is 5.95 Å². The second kappa shape index (κ2) is 6.83. The lowest BCUT2D eigenvalue weighted by Crippen LogP contribution is -2.15. The van der Waals surface area contributed by atoms with Gasteiger partial charge in [0, 0.05) is 6.54 Å². The van der Waals surface area contributed by atoms with Crippen LogP contribution in [-0.4, -0.2) is 30.5 Å². The summed E-state index contributed by atoms with van der Waals surface area (Å²) in [7, 11) is 0. The number of fused-ring (bicyclic) bond motifs is 1. The van der Waals surface area contributed by atoms with Gasteiger partial charge in [-0.25, -0.2) is 9.50 Å². The molecule has 8 heteroatoms. The third-order valence-electron chi connectivity index (χ3n) is 4.08. The zero-order chi connectivity index (χ0) is 18.8. The normalized spacial score (nSPS) is 10.9. The van der Waals surface area contributed by atoms with Crippen LogP contribution in [0.1, 0.15) is 21.9 Å². The first-order chi connectivity index (χ1) is 13.1. The fourth-order valence-electron chi connectivity index (χ4n) is 2.83. The minimum atomic E-state index is -0.549. The van der Waals surface area contributed by atoms with Crippen molar-refractivity contribution in [1.29, 1.82) is 0 Å². The van der Waals surface area contributed by atoms with E-state index < -0.39 is 5.91 Å². The second-order valence-electron chi connectivity index (χ2n) is 6.00. The smallest absolute Gasteiger partial charge is 0.267 e. The molecule has 0 spiro atoms. The maximum Gasteiger partial charge on any atom is 0.267 e. The first-order valence-corrected chi connectivity index (χ1v) is 8.39. The largest absolute Gasteiger partial charge is 0.364 e. The lowest BCUT2D eigenvalue weighted by Gasteiger charge is -2.07. The molecule has 4 rings (SSSR count). The Morgan fingerprint density at radius 3 is 2.67 bits per heavy atom. The number of nitrogens with two attached hydrogens (primary N) is 1. The lowest BCUT2D eigenvalue weighted by atomic mass is 10.2. The third-order valence-corrected chi connectivity index (χ3v) is 4.08. The molecule has 0 radical (unpaired) electrons. The van der Waals surface area contributed by atoms with Crippen LogP contribution >= 0.6 is 0 Å². The first kappa shape index (κ1) is 16.6. The number of nitrogens with one attached hydrogen (secondary N) is 1. The van der Waals surface area contributed by atoms with Crippen molar-refractivity contribution in [3.63, 3.8) is 0 Å². The molecular weight excluding hydrogens is 342 g/mol. The van der Waals surface area contributed by atoms with Crippen LogP contribution in [-0.2, 0) is 6.54 Å². The van der Waals surface area contributed by atoms with Crippen molar-refractivity contribution < 1.29 is 4.79 Å². The van der Waals surface area contributed by atoms with Gasteiger partial charge in [-0.1, -0.05) is 36.4 Å². The monoisotopic (exact) mass is 359 g/mol. The summed E-state index contributed by atoms with van der Waals surface area (Å²) in [6.45, 7) is 2.41. The fourth-order valence-corrected chi connectivity index (χ4v) is 2.83. The van der Waals surface area contributed by atoms with E-state index in [1.165, 1.54) is 4.52 Å². The van der Waals surface area contributed by atoms with Crippen molar-refractivity contribution in [1.82, 2.24) is 24.6 Å². The number of aryl methyl sites for hydroxylation is 1. The van der Waals surface area contributed by atoms with Crippen LogP contribution < -0.4 is 11.1 Å². The highest BCUT2D eigenvalue weighted by atomic mass is 16.1. The van der Waals surface area contributed by atoms with E-state index in [1.54, 1.807) is 25.3 Å². The topological polar surface area (TPSA) is 111 Å². The Bertz CT molecular complexity index is 1120. The molecule has 1 aromatic carbocycles. The Kier molecular flexibility index (Phi) is 4.21. The molecule has 3 N–H and O–H groups in total. The fraction of sp³-hybridized carbons (Fsp3) is 0.105. The van der Waals surface area contributed by atoms with Gasteiger partial charge in [-0.15, -0.1) is 0 Å². The maximum atomic E-state index is 11.6. The van der Waals surface area contributed by atoms with Crippen LogP contribution in [0, 0.1) is 6.92 Å². The minimum Gasteiger partial charge on any atom is -0.364 e. The van der Waals surface area contributed by atoms with Crippen LogP contribution in [0.3, 0.4) is 0 Å². The Morgan fingerprint density at radius 1 is 1.07 bits per heavy atom. The number of aromatic nitrogens is 5. The standard InChI is InChI=1S/C19H17N7O/c1-12-23-18(25-19(24-12)21-10-13-6-3-2-4-7-13)14-11-22-26-15(14)8-5-9-16(26)17(20)27/h2-9,11H,10H2,1H3,(H2,20,27)(H,21,23,24,25). The number of anilines is 1. The molecule has 8 nitrogen and oxygen atoms in total. The van der Waals surface area contributed by atoms with E-state index in [4.69, 9.17) is 5.73 Å². The summed E-state index contributed by atoms with van der Waals surface area (Å²) in [5.41, 5.74) is 8.24. The number of carbonyl (C=O) groups is 1. The number of primary amides is 1. The van der Waals surface area contributed by atoms with Gasteiger partial charge in [-0.05, 0) is 24.6 Å². The summed E-state index contributed by atoms with van der Waals surface area (Å²) < 4.78 is 1.49. The van der Waals surface area contributed by atoms with Crippen molar-refractivity contribution in [2.75, 3.05) is 5.32 Å². The van der Waals surface area contributed by atoms with E-state index >= 15 is 0 Å². The third kappa shape index (κ3) is 3.32. The van der Waals surface area contributed by atoms with Gasteiger partial charge in [0.15, 0.2) is 5.82 Å². The van der Waals surface area contributed by atoms with Crippen molar-refractivity contribution in [3.05, 3.63) is 71.8 Å². The van der Waals surface area contributed by atoms with E-state index in [0.29, 0.717) is 40.9 Å². The number of benzene rings is 1. The molecule has 134 valence electrons. The van der Waals surface area contributed by atoms with Crippen molar-refractivity contribution in [3.8, 4) is 11.4 Å². The molecule has 0 aliphatic rings. The molecule has 27 heavy (non-hydrogen) atoms. The SMILES string of the molecule is Cc1nc(NCc2ccccc2)nc(-c2cnn3c(C(N)=O)cccc23)n1. The molecule has 0 aliphatic carbocycles. The zero-order valence-corrected chi connectivity index (χ0v) is 14.6. The molecule has 4 aromatic rings. The quantitative estimate of drug-likeness (QED) is 0.565. The molecule has 1 amide bonds. The highest BCUT2D eigenvalue weighted by molar-refractivity contribution is 5.92. The van der Waals surface area contributed by atoms with Crippen LogP contribution in [0.2, 0.25) is 0 Å². The van der Waals surface area contributed by atoms with Crippen molar-refractivity contribution in [2.45, 2.75) is 13.5 Å². The van der Waals surface area contributed by atoms with Gasteiger partial charge >= 0.3 is 0 Å². The molecule has 0 unspecified atom stereocenters. The van der Waals surface area contributed by atoms with Gasteiger partial charge in [0.25, 0.3) is 5.91 Å². The molecule has 0 fully saturated rings. The first-order valence-electron chi connectivity index (χ1n) is 8.39. The predicted octanol–water partition coefficient (Wildman–Crippen LogP) is 2.21. The van der Waals surface area contributed by atoms with Crippen molar-refractivity contribution >= 4 is 17.4 Å². The average molecular weight is 359 g/mol. The molecule has 0 atom stereocenters. The summed E-state index contributed by atoms with van der Waals surface area (Å²) in [6, 6.07) is 15.2. The molecular formula is C19H17N7O. The average Bonchev–Trinajstić information content (AvgIpc) is 3.11. The number of hydrogen-bond donors (Lipinski definition) is 2. The van der Waals surface area contributed by atoms with Gasteiger partial charge in [0.05, 0.1) is 17.3 Å². The predicted molar refractivity (Wildman–Crippen MR) is 101 cm³/mol. The zero-order valence-electron chi connectivity index (χ0n) is 14.6. The number of rotatable bonds is 5. The van der Waals surface area contributed by atoms with Crippen LogP contribution in [0.5, 0.6) is 0 Å². The van der Waals surface area contributed by atoms with Crippen LogP contribution in [0.25, 0.3) is 16.9 Å². The summed E-state index contributed by atoms with van der Waals surface area (Å²) in [4.78, 5) is 24.9. The molecule has 0 saturated heterocycles. The van der Waals surface area contributed by atoms with E-state index in [9.17, 15) is 4.79 Å². The van der Waals surface area contributed by atoms with Gasteiger partial charge in [-0.3, -0.25) is 4.79 Å². The Morgan fingerprint density at radius 2 is 1.89 bits per heavy atom. The number of pyridine rings is 1. The molecule has 3 heterocycles. The summed E-state index contributed by atoms with van der Waals surface area (Å²) in [6.07, 6.45) is 1.62. The van der Waals surface area contributed by atoms with Gasteiger partial charge in [-0.2, -0.15) is 15.1 Å². The Labute approximate surface area is 155 Å². The summed E-state index contributed by atoms with van der Waals surface area (Å²) in [5.74, 6) is 0.995. The number of carbonyl (C=O) groups excluding carboxylic acids is 1. The van der Waals surface area contributed by atoms with Crippen molar-refractivity contribution in [2.24, 2.45) is 5.73 Å². The number of hydrogen-bond acceptors (Lipinski definition) is 6. The molecule has 0 bridgehead atoms. The second-order valence-corrected chi connectivity index (χ2v) is 6.00. The Hall–Kier alpha value is -3.81. The minimum absolute atomic E-state index is 0.298. The summed E-state index contributed by atoms with van der Waals surface area (Å²) in [5, 5.41) is 7.48. The number of amides is 1. The number of nitrogens with zero attached hydrogens (tertiary/aromatic N) is 5.